The number of fused-ring (bicyclic) bond motifs is 1. The third-order valence-corrected chi connectivity index (χ3v) is 5.57. The van der Waals surface area contributed by atoms with Crippen molar-refractivity contribution in [2.75, 3.05) is 17.7 Å². The van der Waals surface area contributed by atoms with Gasteiger partial charge < -0.3 is 15.4 Å². The van der Waals surface area contributed by atoms with E-state index in [2.05, 4.69) is 10.6 Å². The van der Waals surface area contributed by atoms with E-state index in [-0.39, 0.29) is 5.91 Å². The van der Waals surface area contributed by atoms with E-state index in [1.54, 1.807) is 38.1 Å². The van der Waals surface area contributed by atoms with E-state index in [4.69, 9.17) is 4.74 Å². The molecule has 2 aromatic carbocycles. The maximum atomic E-state index is 12.8. The molecule has 1 aliphatic heterocycles. The highest BCUT2D eigenvalue weighted by Crippen LogP contribution is 2.42. The number of methoxy groups -OCH3 is 1. The first-order valence-corrected chi connectivity index (χ1v) is 8.76. The molecule has 0 saturated carbocycles. The fourth-order valence-corrected chi connectivity index (χ4v) is 3.70. The maximum absolute atomic E-state index is 12.8. The van der Waals surface area contributed by atoms with Gasteiger partial charge in [-0.1, -0.05) is 30.0 Å². The number of esters is 1. The van der Waals surface area contributed by atoms with E-state index < -0.39 is 16.6 Å². The average molecular weight is 370 g/mol. The van der Waals surface area contributed by atoms with Crippen LogP contribution in [0.25, 0.3) is 0 Å². The van der Waals surface area contributed by atoms with Crippen molar-refractivity contribution in [3.63, 3.8) is 0 Å². The molecule has 6 nitrogen and oxygen atoms in total. The standard InChI is InChI=1S/C19H18N2O4S/c1-11-8-9-12(10-13(11)16(22)25-3)20-17(23)19(2)18(24)21-14-6-4-5-7-15(14)26-19/h4-10H,1-3H3,(H,20,23)(H,21,24). The topological polar surface area (TPSA) is 84.5 Å². The summed E-state index contributed by atoms with van der Waals surface area (Å²) in [5.74, 6) is -1.34. The van der Waals surface area contributed by atoms with E-state index in [0.29, 0.717) is 16.9 Å². The molecule has 3 rings (SSSR count). The number of para-hydroxylation sites is 1. The quantitative estimate of drug-likeness (QED) is 0.640. The molecule has 26 heavy (non-hydrogen) atoms. The lowest BCUT2D eigenvalue weighted by molar-refractivity contribution is -0.126. The van der Waals surface area contributed by atoms with Crippen molar-refractivity contribution in [1.29, 1.82) is 0 Å². The fraction of sp³-hybridized carbons (Fsp3) is 0.211. The first kappa shape index (κ1) is 18.0. The van der Waals surface area contributed by atoms with Gasteiger partial charge in [-0.3, -0.25) is 9.59 Å². The van der Waals surface area contributed by atoms with E-state index >= 15 is 0 Å². The smallest absolute Gasteiger partial charge is 0.338 e. The van der Waals surface area contributed by atoms with Crippen molar-refractivity contribution in [1.82, 2.24) is 0 Å². The number of amides is 2. The van der Waals surface area contributed by atoms with Gasteiger partial charge in [-0.25, -0.2) is 4.79 Å². The minimum atomic E-state index is -1.33. The fourth-order valence-electron chi connectivity index (χ4n) is 2.60. The molecule has 0 aromatic heterocycles. The van der Waals surface area contributed by atoms with Crippen LogP contribution in [0.4, 0.5) is 11.4 Å². The Labute approximate surface area is 155 Å². The summed E-state index contributed by atoms with van der Waals surface area (Å²) < 4.78 is 3.42. The number of aryl methyl sites for hydroxylation is 1. The third kappa shape index (κ3) is 3.17. The Balaban J connectivity index is 1.86. The molecule has 0 saturated heterocycles. The van der Waals surface area contributed by atoms with Gasteiger partial charge in [-0.2, -0.15) is 0 Å². The van der Waals surface area contributed by atoms with Gasteiger partial charge in [0.2, 0.25) is 11.8 Å². The monoisotopic (exact) mass is 370 g/mol. The molecule has 1 aliphatic rings. The Morgan fingerprint density at radius 1 is 1.19 bits per heavy atom. The molecule has 0 fully saturated rings. The number of thioether (sulfide) groups is 1. The Morgan fingerprint density at radius 3 is 2.65 bits per heavy atom. The van der Waals surface area contributed by atoms with Crippen molar-refractivity contribution in [2.24, 2.45) is 0 Å². The molecule has 2 amide bonds. The summed E-state index contributed by atoms with van der Waals surface area (Å²) in [5, 5.41) is 5.50. The van der Waals surface area contributed by atoms with Crippen LogP contribution in [0, 0.1) is 6.92 Å². The van der Waals surface area contributed by atoms with Crippen molar-refractivity contribution in [2.45, 2.75) is 23.5 Å². The number of hydrogen-bond donors (Lipinski definition) is 2. The van der Waals surface area contributed by atoms with Crippen LogP contribution in [0.5, 0.6) is 0 Å². The van der Waals surface area contributed by atoms with Gasteiger partial charge in [0.25, 0.3) is 0 Å². The van der Waals surface area contributed by atoms with Gasteiger partial charge in [-0.05, 0) is 43.7 Å². The summed E-state index contributed by atoms with van der Waals surface area (Å²) in [6.07, 6.45) is 0. The molecule has 0 aliphatic carbocycles. The Bertz CT molecular complexity index is 912. The number of carbonyl (C=O) groups is 3. The largest absolute Gasteiger partial charge is 0.465 e. The summed E-state index contributed by atoms with van der Waals surface area (Å²) in [5.41, 5.74) is 2.21. The lowest BCUT2D eigenvalue weighted by Gasteiger charge is -2.31. The van der Waals surface area contributed by atoms with Crippen LogP contribution in [-0.2, 0) is 14.3 Å². The minimum absolute atomic E-state index is 0.363. The normalized spacial score (nSPS) is 18.5. The number of rotatable bonds is 3. The van der Waals surface area contributed by atoms with Crippen LogP contribution in [0.3, 0.4) is 0 Å². The molecular weight excluding hydrogens is 352 g/mol. The molecular formula is C19H18N2O4S. The second kappa shape index (κ2) is 6.84. The lowest BCUT2D eigenvalue weighted by atomic mass is 10.1. The Morgan fingerprint density at radius 2 is 1.92 bits per heavy atom. The van der Waals surface area contributed by atoms with Gasteiger partial charge in [-0.15, -0.1) is 0 Å². The molecule has 1 atom stereocenters. The van der Waals surface area contributed by atoms with Crippen LogP contribution < -0.4 is 10.6 Å². The number of carbonyl (C=O) groups excluding carboxylic acids is 3. The van der Waals surface area contributed by atoms with Gasteiger partial charge in [0.15, 0.2) is 4.75 Å². The zero-order chi connectivity index (χ0) is 18.9. The van der Waals surface area contributed by atoms with Crippen LogP contribution >= 0.6 is 11.8 Å². The van der Waals surface area contributed by atoms with Gasteiger partial charge >= 0.3 is 5.97 Å². The molecule has 0 spiro atoms. The number of nitrogens with one attached hydrogen (secondary N) is 2. The van der Waals surface area contributed by atoms with Crippen molar-refractivity contribution in [3.8, 4) is 0 Å². The molecule has 134 valence electrons. The summed E-state index contributed by atoms with van der Waals surface area (Å²) in [7, 11) is 1.30. The minimum Gasteiger partial charge on any atom is -0.465 e. The van der Waals surface area contributed by atoms with E-state index in [1.165, 1.54) is 18.9 Å². The predicted octanol–water partition coefficient (Wildman–Crippen LogP) is 3.22. The van der Waals surface area contributed by atoms with Gasteiger partial charge in [0, 0.05) is 10.6 Å². The number of hydrogen-bond acceptors (Lipinski definition) is 5. The van der Waals surface area contributed by atoms with E-state index in [9.17, 15) is 14.4 Å². The zero-order valence-electron chi connectivity index (χ0n) is 14.6. The highest BCUT2D eigenvalue weighted by atomic mass is 32.2. The maximum Gasteiger partial charge on any atom is 0.338 e. The van der Waals surface area contributed by atoms with Gasteiger partial charge in [0.05, 0.1) is 18.4 Å². The lowest BCUT2D eigenvalue weighted by Crippen LogP contribution is -2.49. The summed E-state index contributed by atoms with van der Waals surface area (Å²) in [4.78, 5) is 38.0. The second-order valence-electron chi connectivity index (χ2n) is 6.06. The van der Waals surface area contributed by atoms with Crippen LogP contribution in [0.15, 0.2) is 47.4 Å². The number of ether oxygens (including phenoxy) is 1. The predicted molar refractivity (Wildman–Crippen MR) is 100 cm³/mol. The first-order chi connectivity index (χ1) is 12.3. The van der Waals surface area contributed by atoms with Crippen molar-refractivity contribution >= 4 is 40.9 Å². The Kier molecular flexibility index (Phi) is 4.73. The molecule has 1 unspecified atom stereocenters. The second-order valence-corrected chi connectivity index (χ2v) is 7.52. The summed E-state index contributed by atoms with van der Waals surface area (Å²) in [6, 6.07) is 12.3. The molecule has 0 radical (unpaired) electrons. The number of anilines is 2. The zero-order valence-corrected chi connectivity index (χ0v) is 15.4. The molecule has 7 heteroatoms. The molecule has 0 bridgehead atoms. The molecule has 1 heterocycles. The van der Waals surface area contributed by atoms with Crippen LogP contribution in [-0.4, -0.2) is 29.6 Å². The van der Waals surface area contributed by atoms with Crippen molar-refractivity contribution in [3.05, 3.63) is 53.6 Å². The van der Waals surface area contributed by atoms with Crippen LogP contribution in [0.1, 0.15) is 22.8 Å². The first-order valence-electron chi connectivity index (χ1n) is 7.95. The van der Waals surface area contributed by atoms with E-state index in [0.717, 1.165) is 10.5 Å². The SMILES string of the molecule is COC(=O)c1cc(NC(=O)C2(C)Sc3ccccc3NC2=O)ccc1C. The highest BCUT2D eigenvalue weighted by Gasteiger charge is 2.45. The van der Waals surface area contributed by atoms with E-state index in [1.807, 2.05) is 18.2 Å². The summed E-state index contributed by atoms with van der Waals surface area (Å²) >= 11 is 1.20. The summed E-state index contributed by atoms with van der Waals surface area (Å²) in [6.45, 7) is 3.36. The number of benzene rings is 2. The average Bonchev–Trinajstić information content (AvgIpc) is 2.63. The molecule has 2 N–H and O–H groups in total. The Hall–Kier alpha value is -2.80. The third-order valence-electron chi connectivity index (χ3n) is 4.22. The highest BCUT2D eigenvalue weighted by molar-refractivity contribution is 8.02. The molecule has 2 aromatic rings. The van der Waals surface area contributed by atoms with Crippen molar-refractivity contribution < 1.29 is 19.1 Å². The van der Waals surface area contributed by atoms with Crippen LogP contribution in [0.2, 0.25) is 0 Å². The van der Waals surface area contributed by atoms with Gasteiger partial charge in [0.1, 0.15) is 0 Å².